The van der Waals surface area contributed by atoms with Crippen molar-refractivity contribution in [2.24, 2.45) is 0 Å². The number of fused-ring (bicyclic) bond motifs is 1. The average molecular weight is 616 g/mol. The lowest BCUT2D eigenvalue weighted by molar-refractivity contribution is -0.134. The van der Waals surface area contributed by atoms with Crippen molar-refractivity contribution >= 4 is 46.2 Å². The summed E-state index contributed by atoms with van der Waals surface area (Å²) in [7, 11) is 3.10. The number of pyridine rings is 2. The number of hydrogen-bond acceptors (Lipinski definition) is 6. The molecule has 0 bridgehead atoms. The fourth-order valence-corrected chi connectivity index (χ4v) is 3.97. The van der Waals surface area contributed by atoms with Gasteiger partial charge in [0.25, 0.3) is 5.56 Å². The summed E-state index contributed by atoms with van der Waals surface area (Å²) in [5.74, 6) is -2.07. The molecule has 0 saturated carbocycles. The summed E-state index contributed by atoms with van der Waals surface area (Å²) < 4.78 is 53.4. The third kappa shape index (κ3) is 8.52. The molecule has 42 heavy (non-hydrogen) atoms. The SMILES string of the molecule is CN(C)C(=O)/C=C/CC[C@H](NC(=O)O)C(=O)Nc1ccc(Cl)n(Cc2nc3c(F)cnc(CCC(F)(F)F)c3[nH]2)c1=O. The number of H-pyrrole nitrogens is 1. The lowest BCUT2D eigenvalue weighted by Gasteiger charge is -2.17. The van der Waals surface area contributed by atoms with Gasteiger partial charge in [-0.1, -0.05) is 17.7 Å². The lowest BCUT2D eigenvalue weighted by Crippen LogP contribution is -2.44. The molecule has 1 atom stereocenters. The summed E-state index contributed by atoms with van der Waals surface area (Å²) in [6, 6.07) is 1.18. The van der Waals surface area contributed by atoms with E-state index < -0.39 is 48.4 Å². The van der Waals surface area contributed by atoms with E-state index in [9.17, 15) is 36.7 Å². The Hall–Kier alpha value is -4.47. The van der Waals surface area contributed by atoms with Gasteiger partial charge in [-0.05, 0) is 31.1 Å². The number of aromatic amines is 1. The zero-order valence-corrected chi connectivity index (χ0v) is 23.0. The van der Waals surface area contributed by atoms with Crippen molar-refractivity contribution in [3.8, 4) is 0 Å². The van der Waals surface area contributed by atoms with Crippen LogP contribution in [0.4, 0.5) is 28.0 Å². The second-order valence-electron chi connectivity index (χ2n) is 9.24. The van der Waals surface area contributed by atoms with Crippen LogP contribution in [0, 0.1) is 5.82 Å². The maximum Gasteiger partial charge on any atom is 0.405 e. The van der Waals surface area contributed by atoms with Gasteiger partial charge in [0.15, 0.2) is 5.82 Å². The van der Waals surface area contributed by atoms with Crippen LogP contribution in [0.2, 0.25) is 5.15 Å². The molecule has 3 aromatic rings. The van der Waals surface area contributed by atoms with Crippen LogP contribution < -0.4 is 16.2 Å². The van der Waals surface area contributed by atoms with Crippen molar-refractivity contribution in [2.45, 2.75) is 44.4 Å². The molecule has 3 aromatic heterocycles. The van der Waals surface area contributed by atoms with Crippen molar-refractivity contribution in [3.63, 3.8) is 0 Å². The fraction of sp³-hybridized carbons (Fsp3) is 0.360. The van der Waals surface area contributed by atoms with Crippen LogP contribution in [0.25, 0.3) is 11.0 Å². The standard InChI is InChI=1S/C25H26ClF4N7O5/c1-36(2)19(38)6-4-3-5-15(33-24(41)42)22(39)32-16-7-8-17(26)37(23(16)40)12-18-34-20-13(27)11-31-14(21(20)35-18)9-10-25(28,29)30/h4,6-8,11,15,33H,3,5,9-10,12H2,1-2H3,(H,32,39)(H,34,35)(H,41,42)/b6-4+/t15-/m0/s1. The zero-order valence-electron chi connectivity index (χ0n) is 22.3. The summed E-state index contributed by atoms with van der Waals surface area (Å²) in [6.45, 7) is -0.379. The van der Waals surface area contributed by atoms with E-state index in [0.29, 0.717) is 0 Å². The smallest absolute Gasteiger partial charge is 0.405 e. The third-order valence-corrected chi connectivity index (χ3v) is 6.20. The van der Waals surface area contributed by atoms with Gasteiger partial charge in [-0.3, -0.25) is 23.9 Å². The number of aryl methyl sites for hydroxylation is 1. The number of halogens is 5. The Labute approximate surface area is 240 Å². The van der Waals surface area contributed by atoms with Crippen molar-refractivity contribution in [1.29, 1.82) is 0 Å². The highest BCUT2D eigenvalue weighted by atomic mass is 35.5. The van der Waals surface area contributed by atoms with Crippen LogP contribution in [-0.2, 0) is 22.6 Å². The number of likely N-dealkylation sites (N-methyl/N-ethyl adjacent to an activating group) is 1. The summed E-state index contributed by atoms with van der Waals surface area (Å²) in [6.07, 6.45) is -4.05. The molecule has 0 aliphatic carbocycles. The first-order valence-electron chi connectivity index (χ1n) is 12.3. The Balaban J connectivity index is 1.82. The Bertz CT molecular complexity index is 1570. The molecule has 3 heterocycles. The van der Waals surface area contributed by atoms with Gasteiger partial charge in [0.05, 0.1) is 24.0 Å². The molecule has 3 amide bonds. The molecule has 0 aliphatic rings. The molecule has 17 heteroatoms. The van der Waals surface area contributed by atoms with Gasteiger partial charge in [0, 0.05) is 26.9 Å². The second-order valence-corrected chi connectivity index (χ2v) is 9.63. The number of nitrogens with one attached hydrogen (secondary N) is 3. The van der Waals surface area contributed by atoms with Gasteiger partial charge in [-0.15, -0.1) is 0 Å². The van der Waals surface area contributed by atoms with E-state index in [4.69, 9.17) is 16.7 Å². The van der Waals surface area contributed by atoms with E-state index in [-0.39, 0.29) is 58.7 Å². The highest BCUT2D eigenvalue weighted by molar-refractivity contribution is 6.29. The molecule has 3 rings (SSSR count). The summed E-state index contributed by atoms with van der Waals surface area (Å²) >= 11 is 6.18. The van der Waals surface area contributed by atoms with Gasteiger partial charge in [-0.2, -0.15) is 13.2 Å². The number of alkyl halides is 3. The quantitative estimate of drug-likeness (QED) is 0.146. The number of imidazole rings is 1. The topological polar surface area (TPSA) is 162 Å². The Kier molecular flexibility index (Phi) is 10.3. The van der Waals surface area contributed by atoms with Crippen molar-refractivity contribution in [2.75, 3.05) is 19.4 Å². The van der Waals surface area contributed by atoms with E-state index in [1.165, 1.54) is 29.2 Å². The third-order valence-electron chi connectivity index (χ3n) is 5.87. The number of rotatable bonds is 11. The van der Waals surface area contributed by atoms with Crippen molar-refractivity contribution < 1.29 is 37.1 Å². The first-order valence-corrected chi connectivity index (χ1v) is 12.7. The van der Waals surface area contributed by atoms with E-state index >= 15 is 0 Å². The predicted molar refractivity (Wildman–Crippen MR) is 144 cm³/mol. The number of aromatic nitrogens is 4. The van der Waals surface area contributed by atoms with E-state index in [1.807, 2.05) is 0 Å². The molecule has 4 N–H and O–H groups in total. The number of anilines is 1. The first kappa shape index (κ1) is 32.0. The molecular formula is C25H26ClF4N7O5. The molecule has 0 aromatic carbocycles. The van der Waals surface area contributed by atoms with Gasteiger partial charge in [-0.25, -0.2) is 14.2 Å². The largest absolute Gasteiger partial charge is 0.465 e. The Morgan fingerprint density at radius 2 is 1.98 bits per heavy atom. The number of amides is 3. The van der Waals surface area contributed by atoms with Crippen LogP contribution >= 0.6 is 11.6 Å². The molecule has 226 valence electrons. The number of carboxylic acid groups (broad SMARTS) is 1. The molecule has 0 fully saturated rings. The molecule has 12 nitrogen and oxygen atoms in total. The fourth-order valence-electron chi connectivity index (χ4n) is 3.77. The highest BCUT2D eigenvalue weighted by Crippen LogP contribution is 2.25. The monoisotopic (exact) mass is 615 g/mol. The van der Waals surface area contributed by atoms with Crippen LogP contribution in [0.1, 0.15) is 30.8 Å². The average Bonchev–Trinajstić information content (AvgIpc) is 3.33. The number of carbonyl (C=O) groups is 3. The maximum absolute atomic E-state index is 14.3. The van der Waals surface area contributed by atoms with Gasteiger partial charge in [0.1, 0.15) is 28.2 Å². The molecule has 0 aliphatic heterocycles. The summed E-state index contributed by atoms with van der Waals surface area (Å²) in [4.78, 5) is 60.7. The lowest BCUT2D eigenvalue weighted by atomic mass is 10.1. The van der Waals surface area contributed by atoms with E-state index in [2.05, 4.69) is 25.6 Å². The van der Waals surface area contributed by atoms with Crippen LogP contribution in [0.3, 0.4) is 0 Å². The first-order chi connectivity index (χ1) is 19.7. The summed E-state index contributed by atoms with van der Waals surface area (Å²) in [5.41, 5.74) is -1.49. The van der Waals surface area contributed by atoms with Crippen LogP contribution in [0.5, 0.6) is 0 Å². The minimum absolute atomic E-state index is 0.0258. The van der Waals surface area contributed by atoms with Crippen LogP contribution in [0.15, 0.2) is 35.3 Å². The van der Waals surface area contributed by atoms with Crippen molar-refractivity contribution in [3.05, 3.63) is 63.3 Å². The number of hydrogen-bond donors (Lipinski definition) is 4. The van der Waals surface area contributed by atoms with Crippen LogP contribution in [-0.4, -0.2) is 73.7 Å². The molecule has 0 radical (unpaired) electrons. The summed E-state index contributed by atoms with van der Waals surface area (Å²) in [5, 5.41) is 13.4. The van der Waals surface area contributed by atoms with Gasteiger partial charge in [0.2, 0.25) is 11.8 Å². The molecule has 0 spiro atoms. The predicted octanol–water partition coefficient (Wildman–Crippen LogP) is 3.45. The molecular weight excluding hydrogens is 590 g/mol. The number of carbonyl (C=O) groups excluding carboxylic acids is 2. The van der Waals surface area contributed by atoms with E-state index in [0.717, 1.165) is 10.8 Å². The minimum atomic E-state index is -4.46. The second kappa shape index (κ2) is 13.5. The van der Waals surface area contributed by atoms with Crippen molar-refractivity contribution in [1.82, 2.24) is 29.7 Å². The molecule has 0 unspecified atom stereocenters. The molecule has 0 saturated heterocycles. The van der Waals surface area contributed by atoms with Gasteiger partial charge < -0.3 is 25.6 Å². The van der Waals surface area contributed by atoms with E-state index in [1.54, 1.807) is 14.1 Å². The normalized spacial score (nSPS) is 12.5. The number of nitrogens with zero attached hydrogens (tertiary/aromatic N) is 4. The maximum atomic E-state index is 14.3. The zero-order chi connectivity index (χ0) is 31.2. The number of allylic oxidation sites excluding steroid dienone is 1. The highest BCUT2D eigenvalue weighted by Gasteiger charge is 2.28. The minimum Gasteiger partial charge on any atom is -0.465 e. The Morgan fingerprint density at radius 1 is 1.26 bits per heavy atom. The Morgan fingerprint density at radius 3 is 2.62 bits per heavy atom. The van der Waals surface area contributed by atoms with Gasteiger partial charge >= 0.3 is 12.3 Å².